The molecule has 2 aliphatic rings. The molecule has 170 valence electrons. The lowest BCUT2D eigenvalue weighted by Crippen LogP contribution is -2.46. The first-order chi connectivity index (χ1) is 15.3. The number of anilines is 1. The number of piperazine rings is 1. The molecule has 1 saturated carbocycles. The van der Waals surface area contributed by atoms with E-state index in [0.717, 1.165) is 18.5 Å². The molecule has 0 bridgehead atoms. The number of fused-ring (bicyclic) bond motifs is 1. The van der Waals surface area contributed by atoms with Crippen LogP contribution in [0.25, 0.3) is 5.65 Å². The second-order valence-electron chi connectivity index (χ2n) is 8.53. The zero-order valence-corrected chi connectivity index (χ0v) is 18.8. The predicted octanol–water partition coefficient (Wildman–Crippen LogP) is 4.92. The summed E-state index contributed by atoms with van der Waals surface area (Å²) < 4.78 is 57.6. The number of benzene rings is 1. The number of hydrogen-bond donors (Lipinski definition) is 0. The molecule has 2 fully saturated rings. The molecule has 0 radical (unpaired) electrons. The fourth-order valence-electron chi connectivity index (χ4n) is 4.33. The van der Waals surface area contributed by atoms with Gasteiger partial charge in [-0.1, -0.05) is 0 Å². The summed E-state index contributed by atoms with van der Waals surface area (Å²) in [5.74, 6) is 0.787. The third kappa shape index (κ3) is 4.34. The molecule has 1 aromatic carbocycles. The van der Waals surface area contributed by atoms with Gasteiger partial charge in [-0.05, 0) is 64.5 Å². The molecule has 0 amide bonds. The minimum Gasteiger partial charge on any atom is -0.368 e. The van der Waals surface area contributed by atoms with Crippen LogP contribution >= 0.6 is 15.9 Å². The molecule has 0 atom stereocenters. The molecule has 1 saturated heterocycles. The minimum atomic E-state index is -4.51. The molecule has 10 heteroatoms. The van der Waals surface area contributed by atoms with Crippen molar-refractivity contribution in [2.75, 3.05) is 31.1 Å². The van der Waals surface area contributed by atoms with E-state index in [-0.39, 0.29) is 23.6 Å². The first-order valence-corrected chi connectivity index (χ1v) is 11.4. The Bertz CT molecular complexity index is 1130. The number of nitrogens with zero attached hydrogens (tertiary/aromatic N) is 5. The summed E-state index contributed by atoms with van der Waals surface area (Å²) in [6.45, 7) is 2.68. The molecule has 32 heavy (non-hydrogen) atoms. The Balaban J connectivity index is 1.35. The number of alkyl halides is 3. The van der Waals surface area contributed by atoms with E-state index >= 15 is 0 Å². The van der Waals surface area contributed by atoms with Crippen molar-refractivity contribution < 1.29 is 17.6 Å². The van der Waals surface area contributed by atoms with Gasteiger partial charge in [-0.3, -0.25) is 9.30 Å². The third-order valence-corrected chi connectivity index (χ3v) is 6.84. The standard InChI is InChI=1S/C22H22BrF4N5/c23-17-12-16(24)3-4-18(17)31-9-7-30(8-10-31)13-15-5-6-32-19(11-14-1-2-14)28-29-21(32)20(15)22(25,26)27/h3-6,12,14H,1-2,7-11,13H2/i24-1. The van der Waals surface area contributed by atoms with Crippen LogP contribution in [0.4, 0.5) is 23.2 Å². The predicted molar refractivity (Wildman–Crippen MR) is 116 cm³/mol. The quantitative estimate of drug-likeness (QED) is 0.456. The van der Waals surface area contributed by atoms with Crippen molar-refractivity contribution in [2.45, 2.75) is 32.0 Å². The monoisotopic (exact) mass is 510 g/mol. The molecule has 1 aliphatic carbocycles. The highest BCUT2D eigenvalue weighted by Gasteiger charge is 2.38. The van der Waals surface area contributed by atoms with Crippen molar-refractivity contribution in [1.29, 1.82) is 0 Å². The lowest BCUT2D eigenvalue weighted by atomic mass is 10.1. The van der Waals surface area contributed by atoms with Crippen LogP contribution in [0.3, 0.4) is 0 Å². The first kappa shape index (κ1) is 21.6. The maximum absolute atomic E-state index is 14.0. The minimum absolute atomic E-state index is 0.112. The molecule has 0 unspecified atom stereocenters. The normalized spacial score (nSPS) is 18.0. The zero-order chi connectivity index (χ0) is 22.5. The topological polar surface area (TPSA) is 36.7 Å². The number of pyridine rings is 1. The SMILES string of the molecule is FC(F)(F)c1c(CN2CCN(c3ccc([18F])cc3Br)CC2)ccn2c(CC3CC3)nnc12. The van der Waals surface area contributed by atoms with E-state index < -0.39 is 11.7 Å². The van der Waals surface area contributed by atoms with E-state index in [1.165, 1.54) is 16.5 Å². The highest BCUT2D eigenvalue weighted by Crippen LogP contribution is 2.37. The number of rotatable bonds is 5. The van der Waals surface area contributed by atoms with Gasteiger partial charge in [0.15, 0.2) is 5.65 Å². The van der Waals surface area contributed by atoms with Crippen LogP contribution in [0.2, 0.25) is 0 Å². The third-order valence-electron chi connectivity index (χ3n) is 6.20. The van der Waals surface area contributed by atoms with E-state index in [4.69, 9.17) is 0 Å². The van der Waals surface area contributed by atoms with Crippen molar-refractivity contribution in [3.8, 4) is 0 Å². The fraction of sp³-hybridized carbons (Fsp3) is 0.455. The van der Waals surface area contributed by atoms with Gasteiger partial charge in [0.25, 0.3) is 0 Å². The van der Waals surface area contributed by atoms with Crippen molar-refractivity contribution in [2.24, 2.45) is 5.92 Å². The molecule has 0 N–H and O–H groups in total. The average molecular weight is 511 g/mol. The van der Waals surface area contributed by atoms with Crippen molar-refractivity contribution in [1.82, 2.24) is 19.5 Å². The summed E-state index contributed by atoms with van der Waals surface area (Å²) in [5, 5.41) is 7.98. The van der Waals surface area contributed by atoms with E-state index in [1.807, 2.05) is 4.90 Å². The second-order valence-corrected chi connectivity index (χ2v) is 9.38. The molecule has 3 aromatic rings. The summed E-state index contributed by atoms with van der Waals surface area (Å²) in [7, 11) is 0. The van der Waals surface area contributed by atoms with Gasteiger partial charge in [0.1, 0.15) is 17.2 Å². The summed E-state index contributed by atoms with van der Waals surface area (Å²) in [5.41, 5.74) is 0.291. The molecular formula is C22H22BrF4N5. The molecule has 2 aromatic heterocycles. The van der Waals surface area contributed by atoms with E-state index in [0.29, 0.717) is 48.8 Å². The van der Waals surface area contributed by atoms with Crippen LogP contribution in [0.5, 0.6) is 0 Å². The van der Waals surface area contributed by atoms with Gasteiger partial charge in [-0.15, -0.1) is 10.2 Å². The van der Waals surface area contributed by atoms with E-state index in [2.05, 4.69) is 31.0 Å². The van der Waals surface area contributed by atoms with E-state index in [9.17, 15) is 17.6 Å². The maximum Gasteiger partial charge on any atom is 0.420 e. The Labute approximate surface area is 191 Å². The van der Waals surface area contributed by atoms with Crippen LogP contribution in [-0.4, -0.2) is 45.7 Å². The van der Waals surface area contributed by atoms with Crippen LogP contribution in [-0.2, 0) is 19.1 Å². The summed E-state index contributed by atoms with van der Waals surface area (Å²) in [6, 6.07) is 6.10. The summed E-state index contributed by atoms with van der Waals surface area (Å²) in [4.78, 5) is 4.12. The Hall–Kier alpha value is -2.20. The molecule has 5 rings (SSSR count). The molecule has 5 nitrogen and oxygen atoms in total. The lowest BCUT2D eigenvalue weighted by Gasteiger charge is -2.36. The van der Waals surface area contributed by atoms with Crippen LogP contribution in [0.1, 0.15) is 29.8 Å². The fourth-order valence-corrected chi connectivity index (χ4v) is 4.93. The van der Waals surface area contributed by atoms with Gasteiger partial charge in [-0.25, -0.2) is 4.39 Å². The van der Waals surface area contributed by atoms with Gasteiger partial charge in [-0.2, -0.15) is 13.2 Å². The van der Waals surface area contributed by atoms with Gasteiger partial charge in [0.2, 0.25) is 0 Å². The number of aromatic nitrogens is 3. The highest BCUT2D eigenvalue weighted by atomic mass is 79.9. The molecular weight excluding hydrogens is 489 g/mol. The lowest BCUT2D eigenvalue weighted by molar-refractivity contribution is -0.137. The number of hydrogen-bond acceptors (Lipinski definition) is 4. The molecule has 1 aliphatic heterocycles. The van der Waals surface area contributed by atoms with Crippen LogP contribution in [0.15, 0.2) is 34.9 Å². The van der Waals surface area contributed by atoms with Crippen LogP contribution in [0, 0.1) is 11.7 Å². The Morgan fingerprint density at radius 3 is 2.44 bits per heavy atom. The number of halogens is 5. The van der Waals surface area contributed by atoms with Crippen LogP contribution < -0.4 is 4.90 Å². The van der Waals surface area contributed by atoms with E-state index in [1.54, 1.807) is 18.3 Å². The zero-order valence-electron chi connectivity index (χ0n) is 17.2. The Morgan fingerprint density at radius 1 is 1.03 bits per heavy atom. The largest absolute Gasteiger partial charge is 0.420 e. The smallest absolute Gasteiger partial charge is 0.368 e. The van der Waals surface area contributed by atoms with Gasteiger partial charge < -0.3 is 4.90 Å². The van der Waals surface area contributed by atoms with Gasteiger partial charge in [0.05, 0.1) is 5.69 Å². The average Bonchev–Trinajstić information content (AvgIpc) is 3.46. The summed E-state index contributed by atoms with van der Waals surface area (Å²) >= 11 is 3.39. The highest BCUT2D eigenvalue weighted by molar-refractivity contribution is 9.10. The second kappa shape index (κ2) is 8.30. The van der Waals surface area contributed by atoms with Gasteiger partial charge >= 0.3 is 6.18 Å². The Morgan fingerprint density at radius 2 is 1.78 bits per heavy atom. The van der Waals surface area contributed by atoms with Crippen molar-refractivity contribution in [3.05, 3.63) is 57.7 Å². The first-order valence-electron chi connectivity index (χ1n) is 10.6. The van der Waals surface area contributed by atoms with Crippen molar-refractivity contribution >= 4 is 27.3 Å². The Kier molecular flexibility index (Phi) is 5.61. The van der Waals surface area contributed by atoms with Gasteiger partial charge in [0, 0.05) is 49.8 Å². The summed E-state index contributed by atoms with van der Waals surface area (Å²) in [6.07, 6.45) is 0.0178. The molecule has 0 spiro atoms. The maximum atomic E-state index is 14.0. The molecule has 3 heterocycles. The van der Waals surface area contributed by atoms with Crippen molar-refractivity contribution in [3.63, 3.8) is 0 Å².